The highest BCUT2D eigenvalue weighted by Gasteiger charge is 2.21. The van der Waals surface area contributed by atoms with Gasteiger partial charge in [0.25, 0.3) is 0 Å². The first-order valence-electron chi connectivity index (χ1n) is 7.08. The topological polar surface area (TPSA) is 30.5 Å². The zero-order valence-electron chi connectivity index (χ0n) is 11.9. The molecule has 3 nitrogen and oxygen atoms in total. The van der Waals surface area contributed by atoms with E-state index in [4.69, 9.17) is 21.1 Å². The van der Waals surface area contributed by atoms with Crippen LogP contribution in [0.4, 0.5) is 0 Å². The van der Waals surface area contributed by atoms with E-state index in [1.54, 1.807) is 0 Å². The van der Waals surface area contributed by atoms with Crippen molar-refractivity contribution in [3.63, 3.8) is 0 Å². The SMILES string of the molecule is CNC(Cc1ccc(Cl)cc1)c1cccc2c1OCCO2. The Morgan fingerprint density at radius 3 is 2.62 bits per heavy atom. The van der Waals surface area contributed by atoms with Gasteiger partial charge in [0, 0.05) is 16.6 Å². The smallest absolute Gasteiger partial charge is 0.166 e. The molecule has 0 bridgehead atoms. The van der Waals surface area contributed by atoms with Crippen LogP contribution in [0.2, 0.25) is 5.02 Å². The summed E-state index contributed by atoms with van der Waals surface area (Å²) in [5, 5.41) is 4.12. The predicted octanol–water partition coefficient (Wildman–Crippen LogP) is 3.61. The van der Waals surface area contributed by atoms with Crippen molar-refractivity contribution in [2.24, 2.45) is 0 Å². The zero-order chi connectivity index (χ0) is 14.7. The van der Waals surface area contributed by atoms with Crippen LogP contribution in [-0.4, -0.2) is 20.3 Å². The van der Waals surface area contributed by atoms with Crippen LogP contribution in [0.25, 0.3) is 0 Å². The lowest BCUT2D eigenvalue weighted by Gasteiger charge is -2.25. The van der Waals surface area contributed by atoms with Crippen molar-refractivity contribution in [3.8, 4) is 11.5 Å². The van der Waals surface area contributed by atoms with E-state index < -0.39 is 0 Å². The molecular formula is C17H18ClNO2. The Kier molecular flexibility index (Phi) is 4.32. The van der Waals surface area contributed by atoms with Crippen LogP contribution in [0, 0.1) is 0 Å². The maximum atomic E-state index is 5.94. The molecule has 110 valence electrons. The van der Waals surface area contributed by atoms with Crippen LogP contribution in [0.5, 0.6) is 11.5 Å². The Balaban J connectivity index is 1.88. The highest BCUT2D eigenvalue weighted by Crippen LogP contribution is 2.37. The maximum absolute atomic E-state index is 5.94. The Morgan fingerprint density at radius 2 is 1.86 bits per heavy atom. The number of likely N-dealkylation sites (N-methyl/N-ethyl adjacent to an activating group) is 1. The second-order valence-electron chi connectivity index (χ2n) is 5.04. The van der Waals surface area contributed by atoms with Crippen LogP contribution in [0.3, 0.4) is 0 Å². The van der Waals surface area contributed by atoms with E-state index in [9.17, 15) is 0 Å². The van der Waals surface area contributed by atoms with Crippen molar-refractivity contribution < 1.29 is 9.47 Å². The molecule has 2 aromatic rings. The molecule has 2 aromatic carbocycles. The number of ether oxygens (including phenoxy) is 2. The minimum Gasteiger partial charge on any atom is -0.486 e. The van der Waals surface area contributed by atoms with Gasteiger partial charge in [0.05, 0.1) is 0 Å². The second-order valence-corrected chi connectivity index (χ2v) is 5.48. The van der Waals surface area contributed by atoms with Gasteiger partial charge >= 0.3 is 0 Å². The van der Waals surface area contributed by atoms with Gasteiger partial charge in [-0.3, -0.25) is 0 Å². The van der Waals surface area contributed by atoms with Crippen molar-refractivity contribution >= 4 is 11.6 Å². The minimum atomic E-state index is 0.169. The number of benzene rings is 2. The van der Waals surface area contributed by atoms with Crippen molar-refractivity contribution in [1.29, 1.82) is 0 Å². The fraction of sp³-hybridized carbons (Fsp3) is 0.294. The molecule has 0 saturated heterocycles. The molecule has 0 aliphatic carbocycles. The largest absolute Gasteiger partial charge is 0.486 e. The fourth-order valence-electron chi connectivity index (χ4n) is 2.59. The third kappa shape index (κ3) is 3.14. The molecule has 1 unspecified atom stereocenters. The van der Waals surface area contributed by atoms with Gasteiger partial charge in [0.2, 0.25) is 0 Å². The summed E-state index contributed by atoms with van der Waals surface area (Å²) in [7, 11) is 1.96. The van der Waals surface area contributed by atoms with E-state index in [0.717, 1.165) is 28.5 Å². The Bertz CT molecular complexity index is 613. The predicted molar refractivity (Wildman–Crippen MR) is 84.4 cm³/mol. The lowest BCUT2D eigenvalue weighted by molar-refractivity contribution is 0.168. The molecule has 3 rings (SSSR count). The van der Waals surface area contributed by atoms with Gasteiger partial charge < -0.3 is 14.8 Å². The molecule has 4 heteroatoms. The molecular weight excluding hydrogens is 286 g/mol. The van der Waals surface area contributed by atoms with Gasteiger partial charge in [0.15, 0.2) is 11.5 Å². The first kappa shape index (κ1) is 14.2. The number of halogens is 1. The molecule has 0 aromatic heterocycles. The van der Waals surface area contributed by atoms with E-state index in [-0.39, 0.29) is 6.04 Å². The van der Waals surface area contributed by atoms with Crippen LogP contribution in [-0.2, 0) is 6.42 Å². The van der Waals surface area contributed by atoms with Crippen molar-refractivity contribution in [1.82, 2.24) is 5.32 Å². The van der Waals surface area contributed by atoms with E-state index in [2.05, 4.69) is 23.5 Å². The first-order valence-corrected chi connectivity index (χ1v) is 7.46. The van der Waals surface area contributed by atoms with Crippen LogP contribution in [0.1, 0.15) is 17.2 Å². The number of rotatable bonds is 4. The molecule has 0 saturated carbocycles. The van der Waals surface area contributed by atoms with Crippen molar-refractivity contribution in [3.05, 3.63) is 58.6 Å². The summed E-state index contributed by atoms with van der Waals surface area (Å²) in [6, 6.07) is 14.2. The van der Waals surface area contributed by atoms with E-state index in [1.165, 1.54) is 5.56 Å². The Morgan fingerprint density at radius 1 is 1.10 bits per heavy atom. The van der Waals surface area contributed by atoms with E-state index in [0.29, 0.717) is 13.2 Å². The summed E-state index contributed by atoms with van der Waals surface area (Å²) >= 11 is 5.94. The van der Waals surface area contributed by atoms with Gasteiger partial charge in [-0.1, -0.05) is 35.9 Å². The number of hydrogen-bond acceptors (Lipinski definition) is 3. The molecule has 1 heterocycles. The van der Waals surface area contributed by atoms with Crippen LogP contribution < -0.4 is 14.8 Å². The third-order valence-electron chi connectivity index (χ3n) is 3.67. The average molecular weight is 304 g/mol. The molecule has 1 N–H and O–H groups in total. The number of nitrogens with one attached hydrogen (secondary N) is 1. The van der Waals surface area contributed by atoms with Crippen LogP contribution in [0.15, 0.2) is 42.5 Å². The second kappa shape index (κ2) is 6.37. The van der Waals surface area contributed by atoms with E-state index in [1.807, 2.05) is 31.3 Å². The summed E-state index contributed by atoms with van der Waals surface area (Å²) in [6.45, 7) is 1.21. The number of fused-ring (bicyclic) bond motifs is 1. The molecule has 0 radical (unpaired) electrons. The van der Waals surface area contributed by atoms with Crippen molar-refractivity contribution in [2.75, 3.05) is 20.3 Å². The van der Waals surface area contributed by atoms with Gasteiger partial charge in [-0.25, -0.2) is 0 Å². The monoisotopic (exact) mass is 303 g/mol. The molecule has 1 aliphatic rings. The quantitative estimate of drug-likeness (QED) is 0.936. The Labute approximate surface area is 129 Å². The average Bonchev–Trinajstić information content (AvgIpc) is 2.54. The van der Waals surface area contributed by atoms with Gasteiger partial charge in [-0.05, 0) is 37.2 Å². The van der Waals surface area contributed by atoms with Crippen LogP contribution >= 0.6 is 11.6 Å². The van der Waals surface area contributed by atoms with E-state index >= 15 is 0 Å². The summed E-state index contributed by atoms with van der Waals surface area (Å²) in [4.78, 5) is 0. The first-order chi connectivity index (χ1) is 10.3. The highest BCUT2D eigenvalue weighted by molar-refractivity contribution is 6.30. The third-order valence-corrected chi connectivity index (χ3v) is 3.93. The molecule has 0 fully saturated rings. The van der Waals surface area contributed by atoms with Gasteiger partial charge in [-0.15, -0.1) is 0 Å². The summed E-state index contributed by atoms with van der Waals surface area (Å²) in [6.07, 6.45) is 0.869. The summed E-state index contributed by atoms with van der Waals surface area (Å²) in [5.41, 5.74) is 2.36. The molecule has 1 atom stereocenters. The van der Waals surface area contributed by atoms with Gasteiger partial charge in [0.1, 0.15) is 13.2 Å². The Hall–Kier alpha value is -1.71. The molecule has 1 aliphatic heterocycles. The highest BCUT2D eigenvalue weighted by atomic mass is 35.5. The zero-order valence-corrected chi connectivity index (χ0v) is 12.7. The standard InChI is InChI=1S/C17H18ClNO2/c1-19-15(11-12-5-7-13(18)8-6-12)14-3-2-4-16-17(14)21-10-9-20-16/h2-8,15,19H,9-11H2,1H3. The van der Waals surface area contributed by atoms with Gasteiger partial charge in [-0.2, -0.15) is 0 Å². The minimum absolute atomic E-state index is 0.169. The van der Waals surface area contributed by atoms with Crippen molar-refractivity contribution in [2.45, 2.75) is 12.5 Å². The summed E-state index contributed by atoms with van der Waals surface area (Å²) in [5.74, 6) is 1.69. The normalized spacial score (nSPS) is 14.8. The lowest BCUT2D eigenvalue weighted by atomic mass is 9.97. The number of hydrogen-bond donors (Lipinski definition) is 1. The fourth-order valence-corrected chi connectivity index (χ4v) is 2.72. The molecule has 21 heavy (non-hydrogen) atoms. The molecule has 0 amide bonds. The number of para-hydroxylation sites is 1. The summed E-state index contributed by atoms with van der Waals surface area (Å²) < 4.78 is 11.5. The lowest BCUT2D eigenvalue weighted by Crippen LogP contribution is -2.23. The maximum Gasteiger partial charge on any atom is 0.166 e. The molecule has 0 spiro atoms.